The lowest BCUT2D eigenvalue weighted by molar-refractivity contribution is 0.563. The standard InChI is InChI=1S/C7H8FNO2S/c8-6-2-1-5(3-7(6)9)4-12(10)11/h1-3H,4,9H2,(H,10,11). The highest BCUT2D eigenvalue weighted by atomic mass is 32.2. The highest BCUT2D eigenvalue weighted by Gasteiger charge is 2.01. The third kappa shape index (κ3) is 2.28. The highest BCUT2D eigenvalue weighted by Crippen LogP contribution is 2.12. The van der Waals surface area contributed by atoms with Crippen molar-refractivity contribution in [1.29, 1.82) is 0 Å². The molecule has 1 rings (SSSR count). The van der Waals surface area contributed by atoms with Gasteiger partial charge in [0.05, 0.1) is 11.4 Å². The van der Waals surface area contributed by atoms with Gasteiger partial charge in [-0.2, -0.15) is 0 Å². The molecule has 0 saturated carbocycles. The Morgan fingerprint density at radius 3 is 2.75 bits per heavy atom. The first-order valence-corrected chi connectivity index (χ1v) is 4.48. The first kappa shape index (κ1) is 9.15. The van der Waals surface area contributed by atoms with Gasteiger partial charge in [-0.1, -0.05) is 6.07 Å². The third-order valence-electron chi connectivity index (χ3n) is 1.35. The van der Waals surface area contributed by atoms with Gasteiger partial charge in [0.1, 0.15) is 5.82 Å². The Bertz CT molecular complexity index is 316. The van der Waals surface area contributed by atoms with Gasteiger partial charge < -0.3 is 10.3 Å². The number of nitrogens with two attached hydrogens (primary N) is 1. The summed E-state index contributed by atoms with van der Waals surface area (Å²) in [4.78, 5) is 0. The summed E-state index contributed by atoms with van der Waals surface area (Å²) in [6.07, 6.45) is 0. The van der Waals surface area contributed by atoms with Crippen LogP contribution in [0.25, 0.3) is 0 Å². The van der Waals surface area contributed by atoms with Crippen LogP contribution in [0.3, 0.4) is 0 Å². The normalized spacial score (nSPS) is 12.8. The number of hydrogen-bond donors (Lipinski definition) is 2. The molecule has 0 aromatic heterocycles. The molecule has 0 aliphatic carbocycles. The summed E-state index contributed by atoms with van der Waals surface area (Å²) in [5, 5.41) is 0. The van der Waals surface area contributed by atoms with Gasteiger partial charge in [0, 0.05) is 0 Å². The second kappa shape index (κ2) is 3.64. The van der Waals surface area contributed by atoms with Crippen LogP contribution in [0.15, 0.2) is 18.2 Å². The van der Waals surface area contributed by atoms with Gasteiger partial charge in [-0.25, -0.2) is 8.60 Å². The number of hydrogen-bond acceptors (Lipinski definition) is 2. The van der Waals surface area contributed by atoms with E-state index in [4.69, 9.17) is 10.3 Å². The van der Waals surface area contributed by atoms with E-state index in [1.807, 2.05) is 0 Å². The monoisotopic (exact) mass is 189 g/mol. The number of rotatable bonds is 2. The maximum absolute atomic E-state index is 12.6. The van der Waals surface area contributed by atoms with Crippen molar-refractivity contribution < 1.29 is 13.2 Å². The molecule has 0 aliphatic rings. The first-order valence-electron chi connectivity index (χ1n) is 3.21. The van der Waals surface area contributed by atoms with E-state index in [9.17, 15) is 8.60 Å². The summed E-state index contributed by atoms with van der Waals surface area (Å²) in [7, 11) is 0. The molecule has 1 atom stereocenters. The largest absolute Gasteiger partial charge is 0.396 e. The zero-order valence-electron chi connectivity index (χ0n) is 6.16. The van der Waals surface area contributed by atoms with E-state index in [1.165, 1.54) is 18.2 Å². The molecule has 3 N–H and O–H groups in total. The van der Waals surface area contributed by atoms with Crippen LogP contribution < -0.4 is 5.73 Å². The minimum atomic E-state index is -1.91. The first-order chi connectivity index (χ1) is 5.59. The minimum absolute atomic E-state index is 0.00190. The molecular formula is C7H8FNO2S. The number of anilines is 1. The molecule has 0 aliphatic heterocycles. The van der Waals surface area contributed by atoms with Crippen LogP contribution in [0.5, 0.6) is 0 Å². The van der Waals surface area contributed by atoms with Crippen LogP contribution in [0.2, 0.25) is 0 Å². The topological polar surface area (TPSA) is 63.3 Å². The molecule has 1 aromatic rings. The van der Waals surface area contributed by atoms with Gasteiger partial charge >= 0.3 is 0 Å². The molecule has 0 saturated heterocycles. The van der Waals surface area contributed by atoms with Crippen LogP contribution in [0.4, 0.5) is 10.1 Å². The number of halogens is 1. The second-order valence-electron chi connectivity index (χ2n) is 2.32. The van der Waals surface area contributed by atoms with E-state index >= 15 is 0 Å². The third-order valence-corrected chi connectivity index (χ3v) is 1.93. The lowest BCUT2D eigenvalue weighted by atomic mass is 10.2. The van der Waals surface area contributed by atoms with Crippen molar-refractivity contribution in [2.75, 3.05) is 5.73 Å². The Labute approximate surface area is 71.7 Å². The van der Waals surface area contributed by atoms with Gasteiger partial charge in [0.2, 0.25) is 0 Å². The van der Waals surface area contributed by atoms with Gasteiger partial charge in [-0.05, 0) is 17.7 Å². The lowest BCUT2D eigenvalue weighted by Gasteiger charge is -1.99. The van der Waals surface area contributed by atoms with Crippen LogP contribution >= 0.6 is 0 Å². The molecule has 3 nitrogen and oxygen atoms in total. The Morgan fingerprint density at radius 2 is 2.25 bits per heavy atom. The van der Waals surface area contributed by atoms with Crippen molar-refractivity contribution in [2.24, 2.45) is 0 Å². The maximum Gasteiger partial charge on any atom is 0.157 e. The summed E-state index contributed by atoms with van der Waals surface area (Å²) in [5.74, 6) is -0.535. The highest BCUT2D eigenvalue weighted by molar-refractivity contribution is 7.78. The SMILES string of the molecule is Nc1cc(CS(=O)O)ccc1F. The molecule has 1 unspecified atom stereocenters. The molecule has 66 valence electrons. The van der Waals surface area contributed by atoms with E-state index in [2.05, 4.69) is 0 Å². The zero-order valence-corrected chi connectivity index (χ0v) is 6.97. The molecule has 0 radical (unpaired) electrons. The van der Waals surface area contributed by atoms with Crippen molar-refractivity contribution in [2.45, 2.75) is 5.75 Å². The molecular weight excluding hydrogens is 181 g/mol. The molecule has 5 heteroatoms. The Hall–Kier alpha value is -0.940. The van der Waals surface area contributed by atoms with Crippen molar-refractivity contribution in [3.8, 4) is 0 Å². The van der Waals surface area contributed by atoms with E-state index in [0.29, 0.717) is 5.56 Å². The quantitative estimate of drug-likeness (QED) is 0.541. The smallest absolute Gasteiger partial charge is 0.157 e. The molecule has 0 fully saturated rings. The summed E-state index contributed by atoms with van der Waals surface area (Å²) in [5.41, 5.74) is 5.79. The van der Waals surface area contributed by atoms with Crippen molar-refractivity contribution in [3.05, 3.63) is 29.6 Å². The van der Waals surface area contributed by atoms with Crippen molar-refractivity contribution >= 4 is 16.8 Å². The van der Waals surface area contributed by atoms with Crippen molar-refractivity contribution in [1.82, 2.24) is 0 Å². The fraction of sp³-hybridized carbons (Fsp3) is 0.143. The van der Waals surface area contributed by atoms with Crippen LogP contribution in [0, 0.1) is 5.82 Å². The summed E-state index contributed by atoms with van der Waals surface area (Å²) >= 11 is -1.91. The molecule has 0 spiro atoms. The molecule has 0 heterocycles. The average molecular weight is 189 g/mol. The van der Waals surface area contributed by atoms with Gasteiger partial charge in [-0.3, -0.25) is 0 Å². The van der Waals surface area contributed by atoms with Crippen LogP contribution in [-0.2, 0) is 16.8 Å². The maximum atomic E-state index is 12.6. The molecule has 12 heavy (non-hydrogen) atoms. The Kier molecular flexibility index (Phi) is 2.78. The van der Waals surface area contributed by atoms with Gasteiger partial charge in [0.25, 0.3) is 0 Å². The lowest BCUT2D eigenvalue weighted by Crippen LogP contribution is -1.96. The van der Waals surface area contributed by atoms with Crippen LogP contribution in [-0.4, -0.2) is 8.76 Å². The minimum Gasteiger partial charge on any atom is -0.396 e. The number of benzene rings is 1. The van der Waals surface area contributed by atoms with Gasteiger partial charge in [0.15, 0.2) is 11.1 Å². The van der Waals surface area contributed by atoms with Crippen LogP contribution in [0.1, 0.15) is 5.56 Å². The van der Waals surface area contributed by atoms with E-state index in [0.717, 1.165) is 0 Å². The second-order valence-corrected chi connectivity index (χ2v) is 3.25. The summed E-state index contributed by atoms with van der Waals surface area (Å²) in [6.45, 7) is 0. The predicted molar refractivity (Wildman–Crippen MR) is 45.3 cm³/mol. The number of nitrogen functional groups attached to an aromatic ring is 1. The molecule has 0 amide bonds. The Morgan fingerprint density at radius 1 is 1.58 bits per heavy atom. The summed E-state index contributed by atoms with van der Waals surface area (Å²) in [6, 6.07) is 3.96. The van der Waals surface area contributed by atoms with E-state index in [-0.39, 0.29) is 11.4 Å². The summed E-state index contributed by atoms with van der Waals surface area (Å²) < 4.78 is 31.4. The predicted octanol–water partition coefficient (Wildman–Crippen LogP) is 1.13. The Balaban J connectivity index is 2.89. The zero-order chi connectivity index (χ0) is 9.14. The average Bonchev–Trinajstić information content (AvgIpc) is 1.96. The fourth-order valence-electron chi connectivity index (χ4n) is 0.826. The van der Waals surface area contributed by atoms with E-state index < -0.39 is 16.9 Å². The van der Waals surface area contributed by atoms with Crippen molar-refractivity contribution in [3.63, 3.8) is 0 Å². The fourth-order valence-corrected chi connectivity index (χ4v) is 1.29. The molecule has 0 bridgehead atoms. The van der Waals surface area contributed by atoms with E-state index in [1.54, 1.807) is 0 Å². The van der Waals surface area contributed by atoms with Gasteiger partial charge in [-0.15, -0.1) is 0 Å². The molecule has 1 aromatic carbocycles.